The minimum Gasteiger partial charge on any atom is -0.465 e. The lowest BCUT2D eigenvalue weighted by molar-refractivity contribution is 0.0605. The summed E-state index contributed by atoms with van der Waals surface area (Å²) in [4.78, 5) is 18.6. The second-order valence-electron chi connectivity index (χ2n) is 4.03. The van der Waals surface area contributed by atoms with E-state index >= 15 is 0 Å². The fraction of sp³-hybridized carbons (Fsp3) is 0.667. The second-order valence-corrected chi connectivity index (χ2v) is 5.01. The molecule has 0 aliphatic rings. The van der Waals surface area contributed by atoms with E-state index in [0.29, 0.717) is 4.88 Å². The molecular weight excluding hydrogens is 236 g/mol. The number of hydrogen-bond acceptors (Lipinski definition) is 5. The number of esters is 1. The van der Waals surface area contributed by atoms with Crippen LogP contribution in [0.25, 0.3) is 0 Å². The minimum absolute atomic E-state index is 0.298. The maximum absolute atomic E-state index is 11.5. The molecule has 0 N–H and O–H groups in total. The maximum atomic E-state index is 11.5. The van der Waals surface area contributed by atoms with E-state index in [1.807, 2.05) is 14.0 Å². The molecule has 0 bridgehead atoms. The van der Waals surface area contributed by atoms with Gasteiger partial charge in [-0.3, -0.25) is 0 Å². The van der Waals surface area contributed by atoms with Gasteiger partial charge in [-0.05, 0) is 13.3 Å². The molecule has 0 aliphatic heterocycles. The van der Waals surface area contributed by atoms with E-state index in [1.165, 1.54) is 31.3 Å². The number of nitrogens with zero attached hydrogens (tertiary/aromatic N) is 2. The Morgan fingerprint density at radius 2 is 2.18 bits per heavy atom. The predicted molar refractivity (Wildman–Crippen MR) is 71.0 cm³/mol. The first kappa shape index (κ1) is 14.0. The van der Waals surface area contributed by atoms with Gasteiger partial charge < -0.3 is 9.64 Å². The average Bonchev–Trinajstić information content (AvgIpc) is 2.70. The highest BCUT2D eigenvalue weighted by Crippen LogP contribution is 2.26. The number of rotatable bonds is 6. The van der Waals surface area contributed by atoms with Crippen LogP contribution in [0.3, 0.4) is 0 Å². The van der Waals surface area contributed by atoms with Crippen molar-refractivity contribution < 1.29 is 9.53 Å². The largest absolute Gasteiger partial charge is 0.465 e. The van der Waals surface area contributed by atoms with Crippen LogP contribution in [0.15, 0.2) is 0 Å². The quantitative estimate of drug-likeness (QED) is 0.580. The van der Waals surface area contributed by atoms with Gasteiger partial charge in [-0.1, -0.05) is 31.1 Å². The lowest BCUT2D eigenvalue weighted by Crippen LogP contribution is -2.18. The van der Waals surface area contributed by atoms with Crippen molar-refractivity contribution in [3.8, 4) is 0 Å². The van der Waals surface area contributed by atoms with Gasteiger partial charge in [-0.25, -0.2) is 9.78 Å². The molecule has 96 valence electrons. The third-order valence-corrected chi connectivity index (χ3v) is 3.83. The summed E-state index contributed by atoms with van der Waals surface area (Å²) in [5.41, 5.74) is 0.749. The smallest absolute Gasteiger partial charge is 0.350 e. The number of hydrogen-bond donors (Lipinski definition) is 0. The monoisotopic (exact) mass is 256 g/mol. The van der Waals surface area contributed by atoms with Crippen molar-refractivity contribution in [3.63, 3.8) is 0 Å². The Morgan fingerprint density at radius 3 is 2.76 bits per heavy atom. The molecule has 1 aromatic heterocycles. The zero-order valence-corrected chi connectivity index (χ0v) is 11.8. The number of carbonyl (C=O) groups excluding carboxylic acids is 1. The number of methoxy groups -OCH3 is 1. The van der Waals surface area contributed by atoms with Gasteiger partial charge in [0.15, 0.2) is 5.13 Å². The van der Waals surface area contributed by atoms with Crippen LogP contribution >= 0.6 is 11.3 Å². The van der Waals surface area contributed by atoms with Crippen molar-refractivity contribution in [1.82, 2.24) is 4.98 Å². The van der Waals surface area contributed by atoms with Crippen molar-refractivity contribution in [1.29, 1.82) is 0 Å². The van der Waals surface area contributed by atoms with Gasteiger partial charge in [0.05, 0.1) is 12.8 Å². The summed E-state index contributed by atoms with van der Waals surface area (Å²) in [6, 6.07) is 0. The van der Waals surface area contributed by atoms with Crippen molar-refractivity contribution in [2.45, 2.75) is 33.1 Å². The van der Waals surface area contributed by atoms with E-state index in [2.05, 4.69) is 16.8 Å². The molecule has 0 saturated carbocycles. The highest BCUT2D eigenvalue weighted by Gasteiger charge is 2.17. The van der Waals surface area contributed by atoms with Crippen LogP contribution in [0, 0.1) is 6.92 Å². The zero-order chi connectivity index (χ0) is 12.8. The van der Waals surface area contributed by atoms with Gasteiger partial charge in [0, 0.05) is 13.6 Å². The zero-order valence-electron chi connectivity index (χ0n) is 10.9. The van der Waals surface area contributed by atoms with Gasteiger partial charge >= 0.3 is 5.97 Å². The first-order chi connectivity index (χ1) is 8.10. The summed E-state index contributed by atoms with van der Waals surface area (Å²) in [5.74, 6) is -0.298. The van der Waals surface area contributed by atoms with E-state index in [-0.39, 0.29) is 5.97 Å². The Labute approximate surface area is 107 Å². The molecule has 4 nitrogen and oxygen atoms in total. The van der Waals surface area contributed by atoms with Gasteiger partial charge in [-0.2, -0.15) is 0 Å². The van der Waals surface area contributed by atoms with E-state index in [9.17, 15) is 4.79 Å². The summed E-state index contributed by atoms with van der Waals surface area (Å²) < 4.78 is 4.72. The fourth-order valence-corrected chi connectivity index (χ4v) is 2.49. The molecule has 0 atom stereocenters. The van der Waals surface area contributed by atoms with E-state index in [1.54, 1.807) is 0 Å². The number of ether oxygens (including phenoxy) is 1. The van der Waals surface area contributed by atoms with E-state index in [4.69, 9.17) is 4.74 Å². The molecule has 0 aliphatic carbocycles. The number of anilines is 1. The Bertz CT molecular complexity index is 377. The molecule has 0 amide bonds. The number of thiazole rings is 1. The number of carbonyl (C=O) groups is 1. The standard InChI is InChI=1S/C12H20N2O2S/c1-5-6-7-8-14(3)12-13-9(2)10(17-12)11(15)16-4/h5-8H2,1-4H3. The molecule has 17 heavy (non-hydrogen) atoms. The highest BCUT2D eigenvalue weighted by atomic mass is 32.1. The Morgan fingerprint density at radius 1 is 1.47 bits per heavy atom. The normalized spacial score (nSPS) is 10.4. The maximum Gasteiger partial charge on any atom is 0.350 e. The van der Waals surface area contributed by atoms with Crippen molar-refractivity contribution >= 4 is 22.4 Å². The van der Waals surface area contributed by atoms with Crippen LogP contribution in [0.2, 0.25) is 0 Å². The molecule has 0 saturated heterocycles. The number of aryl methyl sites for hydroxylation is 1. The lowest BCUT2D eigenvalue weighted by Gasteiger charge is -2.14. The van der Waals surface area contributed by atoms with Crippen LogP contribution in [-0.4, -0.2) is 31.7 Å². The van der Waals surface area contributed by atoms with Crippen LogP contribution in [0.5, 0.6) is 0 Å². The summed E-state index contributed by atoms with van der Waals surface area (Å²) in [5, 5.41) is 0.888. The van der Waals surface area contributed by atoms with Gasteiger partial charge in [0.2, 0.25) is 0 Å². The molecule has 0 radical (unpaired) electrons. The average molecular weight is 256 g/mol. The van der Waals surface area contributed by atoms with Crippen molar-refractivity contribution in [2.24, 2.45) is 0 Å². The summed E-state index contributed by atoms with van der Waals surface area (Å²) in [6.07, 6.45) is 3.58. The van der Waals surface area contributed by atoms with E-state index < -0.39 is 0 Å². The number of unbranched alkanes of at least 4 members (excludes halogenated alkanes) is 2. The second kappa shape index (κ2) is 6.59. The third-order valence-electron chi connectivity index (χ3n) is 2.58. The lowest BCUT2D eigenvalue weighted by atomic mass is 10.2. The molecule has 1 aromatic rings. The molecule has 5 heteroatoms. The molecule has 1 heterocycles. The molecular formula is C12H20N2O2S. The first-order valence-corrected chi connectivity index (χ1v) is 6.68. The van der Waals surface area contributed by atoms with Gasteiger partial charge in [0.25, 0.3) is 0 Å². The van der Waals surface area contributed by atoms with Gasteiger partial charge in [-0.15, -0.1) is 0 Å². The van der Waals surface area contributed by atoms with Crippen LogP contribution < -0.4 is 4.90 Å². The molecule has 1 rings (SSSR count). The van der Waals surface area contributed by atoms with Crippen LogP contribution in [0.4, 0.5) is 5.13 Å². The molecule has 0 aromatic carbocycles. The fourth-order valence-electron chi connectivity index (χ4n) is 1.52. The van der Waals surface area contributed by atoms with Crippen molar-refractivity contribution in [2.75, 3.05) is 25.6 Å². The SMILES string of the molecule is CCCCCN(C)c1nc(C)c(C(=O)OC)s1. The topological polar surface area (TPSA) is 42.4 Å². The predicted octanol–water partition coefficient (Wildman–Crippen LogP) is 2.86. The highest BCUT2D eigenvalue weighted by molar-refractivity contribution is 7.17. The van der Waals surface area contributed by atoms with E-state index in [0.717, 1.165) is 23.8 Å². The summed E-state index contributed by atoms with van der Waals surface area (Å²) in [6.45, 7) is 5.00. The van der Waals surface area contributed by atoms with Crippen LogP contribution in [0.1, 0.15) is 41.6 Å². The molecule has 0 unspecified atom stereocenters. The van der Waals surface area contributed by atoms with Gasteiger partial charge in [0.1, 0.15) is 4.88 Å². The third kappa shape index (κ3) is 3.70. The van der Waals surface area contributed by atoms with Crippen molar-refractivity contribution in [3.05, 3.63) is 10.6 Å². The minimum atomic E-state index is -0.298. The summed E-state index contributed by atoms with van der Waals surface area (Å²) in [7, 11) is 3.40. The Kier molecular flexibility index (Phi) is 5.41. The Hall–Kier alpha value is -1.10. The molecule has 0 fully saturated rings. The Balaban J connectivity index is 2.68. The number of aromatic nitrogens is 1. The first-order valence-electron chi connectivity index (χ1n) is 5.87. The molecule has 0 spiro atoms. The summed E-state index contributed by atoms with van der Waals surface area (Å²) >= 11 is 1.40. The van der Waals surface area contributed by atoms with Crippen LogP contribution in [-0.2, 0) is 4.74 Å².